The number of rotatable bonds is 6. The molecule has 0 saturated carbocycles. The fraction of sp³-hybridized carbons (Fsp3) is 0.292. The van der Waals surface area contributed by atoms with Crippen molar-refractivity contribution in [2.75, 3.05) is 11.9 Å². The summed E-state index contributed by atoms with van der Waals surface area (Å²) in [6.07, 6.45) is 4.79. The van der Waals surface area contributed by atoms with Crippen LogP contribution >= 0.6 is 22.7 Å². The van der Waals surface area contributed by atoms with E-state index in [0.717, 1.165) is 34.7 Å². The van der Waals surface area contributed by atoms with E-state index >= 15 is 0 Å². The highest BCUT2D eigenvalue weighted by Crippen LogP contribution is 2.41. The Kier molecular flexibility index (Phi) is 6.63. The Balaban J connectivity index is 1.60. The number of esters is 1. The van der Waals surface area contributed by atoms with Gasteiger partial charge in [0.15, 0.2) is 0 Å². The number of thiophene rings is 2. The lowest BCUT2D eigenvalue weighted by atomic mass is 9.88. The van der Waals surface area contributed by atoms with E-state index < -0.39 is 0 Å². The number of benzene rings is 1. The third-order valence-corrected chi connectivity index (χ3v) is 7.20. The predicted molar refractivity (Wildman–Crippen MR) is 127 cm³/mol. The normalized spacial score (nSPS) is 15.6. The Morgan fingerprint density at radius 3 is 2.77 bits per heavy atom. The Morgan fingerprint density at radius 2 is 2.06 bits per heavy atom. The third kappa shape index (κ3) is 4.94. The molecule has 2 heterocycles. The Morgan fingerprint density at radius 1 is 1.26 bits per heavy atom. The second-order valence-corrected chi connectivity index (χ2v) is 9.62. The van der Waals surface area contributed by atoms with Crippen LogP contribution in [0, 0.1) is 5.92 Å². The molecule has 0 aliphatic heterocycles. The molecule has 7 heteroatoms. The Bertz CT molecular complexity index is 1100. The molecule has 0 spiro atoms. The van der Waals surface area contributed by atoms with Crippen molar-refractivity contribution in [1.29, 1.82) is 0 Å². The minimum absolute atomic E-state index is 0.158. The number of aliphatic imine (C=N–C) groups is 1. The van der Waals surface area contributed by atoms with Gasteiger partial charge in [0.25, 0.3) is 5.91 Å². The molecule has 31 heavy (non-hydrogen) atoms. The molecule has 3 aromatic rings. The largest absolute Gasteiger partial charge is 0.462 e. The van der Waals surface area contributed by atoms with Crippen molar-refractivity contribution < 1.29 is 14.3 Å². The number of hydrogen-bond acceptors (Lipinski definition) is 6. The second-order valence-electron chi connectivity index (χ2n) is 7.56. The average Bonchev–Trinajstić information content (AvgIpc) is 3.40. The van der Waals surface area contributed by atoms with E-state index in [4.69, 9.17) is 4.74 Å². The maximum absolute atomic E-state index is 13.3. The Hall–Kier alpha value is -2.77. The highest BCUT2D eigenvalue weighted by molar-refractivity contribution is 7.16. The molecule has 1 atom stereocenters. The average molecular weight is 453 g/mol. The first-order chi connectivity index (χ1) is 15.0. The predicted octanol–water partition coefficient (Wildman–Crippen LogP) is 6.11. The van der Waals surface area contributed by atoms with E-state index in [1.807, 2.05) is 23.7 Å². The van der Waals surface area contributed by atoms with Gasteiger partial charge in [0.2, 0.25) is 0 Å². The molecule has 0 fully saturated rings. The summed E-state index contributed by atoms with van der Waals surface area (Å²) in [6.45, 7) is 4.35. The van der Waals surface area contributed by atoms with Gasteiger partial charge in [0.05, 0.1) is 17.7 Å². The summed E-state index contributed by atoms with van der Waals surface area (Å²) in [5.41, 5.74) is 2.90. The van der Waals surface area contributed by atoms with Crippen molar-refractivity contribution in [3.8, 4) is 0 Å². The van der Waals surface area contributed by atoms with Crippen molar-refractivity contribution in [3.05, 3.63) is 68.2 Å². The summed E-state index contributed by atoms with van der Waals surface area (Å²) in [6, 6.07) is 10.8. The number of anilines is 1. The van der Waals surface area contributed by atoms with Gasteiger partial charge in [-0.1, -0.05) is 13.0 Å². The molecule has 1 aromatic carbocycles. The molecule has 1 unspecified atom stereocenters. The van der Waals surface area contributed by atoms with Crippen molar-refractivity contribution in [2.24, 2.45) is 10.9 Å². The molecular weight excluding hydrogens is 428 g/mol. The SMILES string of the molecule is CCOC(=O)c1ccc(NC(=O)c2c(/N=C\c3cccs3)sc3c2CCC(C)C3)cc1. The minimum Gasteiger partial charge on any atom is -0.462 e. The van der Waals surface area contributed by atoms with Crippen LogP contribution < -0.4 is 5.32 Å². The minimum atomic E-state index is -0.369. The molecule has 2 aromatic heterocycles. The fourth-order valence-electron chi connectivity index (χ4n) is 3.65. The van der Waals surface area contributed by atoms with Crippen LogP contribution in [0.5, 0.6) is 0 Å². The first-order valence-electron chi connectivity index (χ1n) is 10.4. The molecule has 0 radical (unpaired) electrons. The molecule has 0 saturated heterocycles. The second kappa shape index (κ2) is 9.58. The lowest BCUT2D eigenvalue weighted by Crippen LogP contribution is -2.16. The summed E-state index contributed by atoms with van der Waals surface area (Å²) in [7, 11) is 0. The molecule has 160 valence electrons. The molecule has 1 amide bonds. The monoisotopic (exact) mass is 452 g/mol. The smallest absolute Gasteiger partial charge is 0.338 e. The lowest BCUT2D eigenvalue weighted by molar-refractivity contribution is 0.0526. The van der Waals surface area contributed by atoms with Crippen LogP contribution in [0.25, 0.3) is 0 Å². The number of hydrogen-bond donors (Lipinski definition) is 1. The van der Waals surface area contributed by atoms with Gasteiger partial charge in [-0.25, -0.2) is 9.79 Å². The van der Waals surface area contributed by atoms with Crippen molar-refractivity contribution in [1.82, 2.24) is 0 Å². The van der Waals surface area contributed by atoms with Crippen molar-refractivity contribution >= 4 is 51.5 Å². The summed E-state index contributed by atoms with van der Waals surface area (Å²) in [4.78, 5) is 32.1. The number of carbonyl (C=O) groups excluding carboxylic acids is 2. The molecule has 5 nitrogen and oxygen atoms in total. The summed E-state index contributed by atoms with van der Waals surface area (Å²) < 4.78 is 5.01. The standard InChI is InChI=1S/C24H24N2O3S2/c1-3-29-24(28)16-7-9-17(10-8-16)26-22(27)21-19-11-6-15(2)13-20(19)31-23(21)25-14-18-5-4-12-30-18/h4-5,7-10,12,14-15H,3,6,11,13H2,1-2H3,(H,26,27)/b25-14-. The Labute approximate surface area is 189 Å². The zero-order chi connectivity index (χ0) is 21.8. The first kappa shape index (κ1) is 21.5. The topological polar surface area (TPSA) is 67.8 Å². The summed E-state index contributed by atoms with van der Waals surface area (Å²) in [5, 5.41) is 5.75. The fourth-order valence-corrected chi connectivity index (χ4v) is 5.58. The van der Waals surface area contributed by atoms with Crippen molar-refractivity contribution in [3.63, 3.8) is 0 Å². The number of amides is 1. The van der Waals surface area contributed by atoms with E-state index in [9.17, 15) is 9.59 Å². The van der Waals surface area contributed by atoms with Gasteiger partial charge >= 0.3 is 5.97 Å². The van der Waals surface area contributed by atoms with Gasteiger partial charge in [0, 0.05) is 21.7 Å². The van der Waals surface area contributed by atoms with Crippen LogP contribution in [0.15, 0.2) is 46.8 Å². The quantitative estimate of drug-likeness (QED) is 0.362. The highest BCUT2D eigenvalue weighted by Gasteiger charge is 2.27. The van der Waals surface area contributed by atoms with Crippen LogP contribution in [0.4, 0.5) is 10.7 Å². The molecular formula is C24H24N2O3S2. The molecule has 0 bridgehead atoms. The van der Waals surface area contributed by atoms with Gasteiger partial charge in [-0.3, -0.25) is 4.79 Å². The maximum atomic E-state index is 13.3. The number of nitrogens with one attached hydrogen (secondary N) is 1. The highest BCUT2D eigenvalue weighted by atomic mass is 32.1. The van der Waals surface area contributed by atoms with Gasteiger partial charge in [-0.2, -0.15) is 0 Å². The van der Waals surface area contributed by atoms with E-state index in [0.29, 0.717) is 29.3 Å². The van der Waals surface area contributed by atoms with Crippen LogP contribution in [0.3, 0.4) is 0 Å². The van der Waals surface area contributed by atoms with E-state index in [2.05, 4.69) is 17.2 Å². The third-order valence-electron chi connectivity index (χ3n) is 5.23. The van der Waals surface area contributed by atoms with Crippen LogP contribution in [-0.2, 0) is 17.6 Å². The van der Waals surface area contributed by atoms with Crippen LogP contribution in [0.1, 0.15) is 56.3 Å². The zero-order valence-electron chi connectivity index (χ0n) is 17.5. The van der Waals surface area contributed by atoms with Crippen LogP contribution in [-0.4, -0.2) is 24.7 Å². The number of fused-ring (bicyclic) bond motifs is 1. The number of carbonyl (C=O) groups is 2. The van der Waals surface area contributed by atoms with Gasteiger partial charge in [-0.05, 0) is 73.4 Å². The molecule has 1 aliphatic carbocycles. The van der Waals surface area contributed by atoms with Gasteiger partial charge in [0.1, 0.15) is 5.00 Å². The van der Waals surface area contributed by atoms with Crippen molar-refractivity contribution in [2.45, 2.75) is 33.1 Å². The lowest BCUT2D eigenvalue weighted by Gasteiger charge is -2.18. The van der Waals surface area contributed by atoms with Gasteiger partial charge < -0.3 is 10.1 Å². The van der Waals surface area contributed by atoms with Crippen LogP contribution in [0.2, 0.25) is 0 Å². The molecule has 4 rings (SSSR count). The first-order valence-corrected chi connectivity index (χ1v) is 12.1. The molecule has 1 N–H and O–H groups in total. The van der Waals surface area contributed by atoms with E-state index in [1.165, 1.54) is 4.88 Å². The summed E-state index contributed by atoms with van der Waals surface area (Å²) >= 11 is 3.24. The molecule has 1 aliphatic rings. The number of nitrogens with zero attached hydrogens (tertiary/aromatic N) is 1. The maximum Gasteiger partial charge on any atom is 0.338 e. The summed E-state index contributed by atoms with van der Waals surface area (Å²) in [5.74, 6) is 0.0903. The zero-order valence-corrected chi connectivity index (χ0v) is 19.1. The van der Waals surface area contributed by atoms with E-state index in [-0.39, 0.29) is 11.9 Å². The van der Waals surface area contributed by atoms with E-state index in [1.54, 1.807) is 53.9 Å². The number of ether oxygens (including phenoxy) is 1. The van der Waals surface area contributed by atoms with Gasteiger partial charge in [-0.15, -0.1) is 22.7 Å².